The third-order valence-corrected chi connectivity index (χ3v) is 6.87. The van der Waals surface area contributed by atoms with Gasteiger partial charge in [0.05, 0.1) is 32.1 Å². The molecule has 0 saturated heterocycles. The fourth-order valence-electron chi connectivity index (χ4n) is 3.63. The van der Waals surface area contributed by atoms with Crippen molar-refractivity contribution in [2.45, 2.75) is 32.8 Å². The topological polar surface area (TPSA) is 99.6 Å². The monoisotopic (exact) mass is 636 g/mol. The summed E-state index contributed by atoms with van der Waals surface area (Å²) in [5.41, 5.74) is 0.0620. The molecule has 0 atom stereocenters. The highest BCUT2D eigenvalue weighted by molar-refractivity contribution is 9.10. The van der Waals surface area contributed by atoms with Crippen molar-refractivity contribution < 1.29 is 9.66 Å². The van der Waals surface area contributed by atoms with Crippen LogP contribution in [0.2, 0.25) is 15.1 Å². The standard InChI is InChI=1S/C26H20BrCl3N4O4/c1-26(2,3)25-32-21-7-5-16(27)10-18(21)24(35)33(25)31-12-15-9-17(28)11-22(34(36)37)23(15)38-13-14-4-6-19(29)20(30)8-14/h4-12H,13H2,1-3H3. The Morgan fingerprint density at radius 2 is 1.84 bits per heavy atom. The predicted molar refractivity (Wildman–Crippen MR) is 154 cm³/mol. The first kappa shape index (κ1) is 28.0. The summed E-state index contributed by atoms with van der Waals surface area (Å²) in [6.07, 6.45) is 1.30. The second-order valence-electron chi connectivity index (χ2n) is 9.35. The lowest BCUT2D eigenvalue weighted by Crippen LogP contribution is -2.29. The summed E-state index contributed by atoms with van der Waals surface area (Å²) in [4.78, 5) is 29.4. The van der Waals surface area contributed by atoms with E-state index in [4.69, 9.17) is 39.5 Å². The van der Waals surface area contributed by atoms with Crippen molar-refractivity contribution in [3.05, 3.63) is 105 Å². The lowest BCUT2D eigenvalue weighted by Gasteiger charge is -2.21. The zero-order chi connectivity index (χ0) is 27.8. The third kappa shape index (κ3) is 6.02. The zero-order valence-corrected chi connectivity index (χ0v) is 24.2. The van der Waals surface area contributed by atoms with Gasteiger partial charge in [0.2, 0.25) is 5.75 Å². The molecule has 38 heavy (non-hydrogen) atoms. The molecule has 0 fully saturated rings. The SMILES string of the molecule is CC(C)(C)c1nc2ccc(Br)cc2c(=O)n1N=Cc1cc(Cl)cc([N+](=O)[O-])c1OCc1ccc(Cl)c(Cl)c1. The molecule has 4 rings (SSSR count). The molecule has 0 aliphatic rings. The fraction of sp³-hybridized carbons (Fsp3) is 0.192. The van der Waals surface area contributed by atoms with Gasteiger partial charge in [0, 0.05) is 26.5 Å². The van der Waals surface area contributed by atoms with Gasteiger partial charge < -0.3 is 4.74 Å². The van der Waals surface area contributed by atoms with Crippen LogP contribution in [0.15, 0.2) is 62.9 Å². The molecular weight excluding hydrogens is 619 g/mol. The number of halogens is 4. The van der Waals surface area contributed by atoms with Crippen molar-refractivity contribution in [1.29, 1.82) is 0 Å². The Hall–Kier alpha value is -2.98. The molecule has 0 bridgehead atoms. The quantitative estimate of drug-likeness (QED) is 0.122. The van der Waals surface area contributed by atoms with Crippen molar-refractivity contribution in [3.8, 4) is 5.75 Å². The summed E-state index contributed by atoms with van der Waals surface area (Å²) >= 11 is 21.6. The van der Waals surface area contributed by atoms with Crippen LogP contribution in [0.1, 0.15) is 37.7 Å². The number of nitro groups is 1. The van der Waals surface area contributed by atoms with Crippen LogP contribution in [-0.4, -0.2) is 20.8 Å². The molecule has 0 saturated carbocycles. The van der Waals surface area contributed by atoms with E-state index in [0.29, 0.717) is 36.8 Å². The van der Waals surface area contributed by atoms with E-state index in [2.05, 4.69) is 26.0 Å². The molecule has 8 nitrogen and oxygen atoms in total. The van der Waals surface area contributed by atoms with E-state index in [1.165, 1.54) is 23.0 Å². The number of hydrogen-bond acceptors (Lipinski definition) is 6. The molecule has 0 aliphatic carbocycles. The maximum atomic E-state index is 13.5. The summed E-state index contributed by atoms with van der Waals surface area (Å²) in [7, 11) is 0. The predicted octanol–water partition coefficient (Wildman–Crippen LogP) is 7.79. The number of fused-ring (bicyclic) bond motifs is 1. The number of ether oxygens (including phenoxy) is 1. The summed E-state index contributed by atoms with van der Waals surface area (Å²) in [5.74, 6) is 0.333. The first-order valence-corrected chi connectivity index (χ1v) is 13.1. The van der Waals surface area contributed by atoms with Crippen LogP contribution >= 0.6 is 50.7 Å². The minimum Gasteiger partial charge on any atom is -0.481 e. The van der Waals surface area contributed by atoms with Crippen molar-refractivity contribution in [1.82, 2.24) is 9.66 Å². The fourth-order valence-corrected chi connectivity index (χ4v) is 4.54. The van der Waals surface area contributed by atoms with Gasteiger partial charge in [-0.15, -0.1) is 0 Å². The van der Waals surface area contributed by atoms with Crippen LogP contribution in [0.5, 0.6) is 5.75 Å². The molecule has 1 heterocycles. The molecule has 4 aromatic rings. The number of aromatic nitrogens is 2. The molecule has 0 amide bonds. The maximum absolute atomic E-state index is 13.5. The molecule has 0 N–H and O–H groups in total. The summed E-state index contributed by atoms with van der Waals surface area (Å²) in [6.45, 7) is 5.67. The number of hydrogen-bond donors (Lipinski definition) is 0. The Bertz CT molecular complexity index is 1670. The van der Waals surface area contributed by atoms with E-state index < -0.39 is 15.9 Å². The average molecular weight is 639 g/mol. The summed E-state index contributed by atoms with van der Waals surface area (Å²) < 4.78 is 7.76. The molecular formula is C26H20BrCl3N4O4. The molecule has 1 aromatic heterocycles. The average Bonchev–Trinajstić information content (AvgIpc) is 2.84. The number of benzene rings is 3. The van der Waals surface area contributed by atoms with Gasteiger partial charge in [0.25, 0.3) is 5.56 Å². The number of rotatable bonds is 6. The first-order valence-electron chi connectivity index (χ1n) is 11.2. The van der Waals surface area contributed by atoms with Crippen molar-refractivity contribution in [2.75, 3.05) is 0 Å². The lowest BCUT2D eigenvalue weighted by atomic mass is 9.95. The molecule has 0 spiro atoms. The first-order chi connectivity index (χ1) is 17.8. The largest absolute Gasteiger partial charge is 0.481 e. The Morgan fingerprint density at radius 1 is 1.11 bits per heavy atom. The molecule has 3 aromatic carbocycles. The second kappa shape index (κ2) is 11.0. The van der Waals surface area contributed by atoms with E-state index in [0.717, 1.165) is 0 Å². The van der Waals surface area contributed by atoms with E-state index in [1.54, 1.807) is 36.4 Å². The minimum atomic E-state index is -0.602. The van der Waals surface area contributed by atoms with Crippen molar-refractivity contribution in [2.24, 2.45) is 5.10 Å². The van der Waals surface area contributed by atoms with Crippen LogP contribution in [0.25, 0.3) is 10.9 Å². The van der Waals surface area contributed by atoms with Gasteiger partial charge in [-0.25, -0.2) is 4.98 Å². The van der Waals surface area contributed by atoms with E-state index in [1.807, 2.05) is 20.8 Å². The zero-order valence-electron chi connectivity index (χ0n) is 20.3. The van der Waals surface area contributed by atoms with Crippen LogP contribution in [0.4, 0.5) is 5.69 Å². The van der Waals surface area contributed by atoms with Gasteiger partial charge in [-0.1, -0.05) is 77.6 Å². The summed E-state index contributed by atoms with van der Waals surface area (Å²) in [6, 6.07) is 12.8. The van der Waals surface area contributed by atoms with Crippen LogP contribution in [0, 0.1) is 10.1 Å². The van der Waals surface area contributed by atoms with Crippen molar-refractivity contribution in [3.63, 3.8) is 0 Å². The molecule has 0 aliphatic heterocycles. The third-order valence-electron chi connectivity index (χ3n) is 5.42. The van der Waals surface area contributed by atoms with Crippen LogP contribution in [-0.2, 0) is 12.0 Å². The van der Waals surface area contributed by atoms with Gasteiger partial charge in [0.1, 0.15) is 12.4 Å². The van der Waals surface area contributed by atoms with E-state index in [-0.39, 0.29) is 28.6 Å². The highest BCUT2D eigenvalue weighted by atomic mass is 79.9. The van der Waals surface area contributed by atoms with Crippen LogP contribution in [0.3, 0.4) is 0 Å². The normalized spacial score (nSPS) is 11.9. The molecule has 196 valence electrons. The second-order valence-corrected chi connectivity index (χ2v) is 11.5. The lowest BCUT2D eigenvalue weighted by molar-refractivity contribution is -0.385. The van der Waals surface area contributed by atoms with E-state index in [9.17, 15) is 14.9 Å². The van der Waals surface area contributed by atoms with Crippen LogP contribution < -0.4 is 10.3 Å². The number of nitrogens with zero attached hydrogens (tertiary/aromatic N) is 4. The highest BCUT2D eigenvalue weighted by Gasteiger charge is 2.24. The Kier molecular flexibility index (Phi) is 8.13. The molecule has 0 unspecified atom stereocenters. The number of nitro benzene ring substituents is 1. The van der Waals surface area contributed by atoms with Gasteiger partial charge in [0.15, 0.2) is 0 Å². The van der Waals surface area contributed by atoms with Crippen molar-refractivity contribution >= 4 is 73.5 Å². The molecule has 12 heteroatoms. The Labute approximate surface area is 241 Å². The van der Waals surface area contributed by atoms with Gasteiger partial charge in [-0.2, -0.15) is 9.78 Å². The maximum Gasteiger partial charge on any atom is 0.313 e. The smallest absolute Gasteiger partial charge is 0.313 e. The minimum absolute atomic E-state index is 0.0427. The molecule has 0 radical (unpaired) electrons. The highest BCUT2D eigenvalue weighted by Crippen LogP contribution is 2.35. The Morgan fingerprint density at radius 3 is 2.50 bits per heavy atom. The van der Waals surface area contributed by atoms with Gasteiger partial charge in [-0.05, 0) is 42.0 Å². The van der Waals surface area contributed by atoms with Gasteiger partial charge in [-0.3, -0.25) is 14.9 Å². The Balaban J connectivity index is 1.85. The summed E-state index contributed by atoms with van der Waals surface area (Å²) in [5, 5.41) is 17.4. The van der Waals surface area contributed by atoms with E-state index >= 15 is 0 Å². The van der Waals surface area contributed by atoms with Gasteiger partial charge >= 0.3 is 5.69 Å².